The summed E-state index contributed by atoms with van der Waals surface area (Å²) in [5.74, 6) is 2.17. The largest absolute Gasteiger partial charge is 0.393 e. The van der Waals surface area contributed by atoms with Crippen molar-refractivity contribution in [1.82, 2.24) is 4.90 Å². The van der Waals surface area contributed by atoms with E-state index >= 15 is 0 Å². The van der Waals surface area contributed by atoms with E-state index < -0.39 is 0 Å². The Balaban J connectivity index is 0.000000643. The third-order valence-electron chi connectivity index (χ3n) is 6.54. The second-order valence-electron chi connectivity index (χ2n) is 9.53. The summed E-state index contributed by atoms with van der Waals surface area (Å²) in [6, 6.07) is 7.18. The Kier molecular flexibility index (Phi) is 24.1. The number of nitrogens with one attached hydrogen (secondary N) is 1. The fourth-order valence-electron chi connectivity index (χ4n) is 4.37. The average molecular weight is 643 g/mol. The molecule has 6 nitrogen and oxygen atoms in total. The van der Waals surface area contributed by atoms with Crippen LogP contribution in [-0.2, 0) is 17.0 Å². The molecule has 3 N–H and O–H groups in total. The first-order chi connectivity index (χ1) is 20.3. The van der Waals surface area contributed by atoms with Gasteiger partial charge in [-0.3, -0.25) is 9.69 Å². The molecule has 0 spiro atoms. The molecule has 1 saturated heterocycles. The minimum absolute atomic E-state index is 0.0463. The van der Waals surface area contributed by atoms with Gasteiger partial charge in [-0.1, -0.05) is 78.1 Å². The summed E-state index contributed by atoms with van der Waals surface area (Å²) in [6.07, 6.45) is 7.73. The zero-order valence-electron chi connectivity index (χ0n) is 26.9. The number of thioether (sulfide) groups is 1. The Morgan fingerprint density at radius 1 is 1.24 bits per heavy atom. The molecule has 240 valence electrons. The van der Waals surface area contributed by atoms with Crippen molar-refractivity contribution in [1.29, 1.82) is 0 Å². The van der Waals surface area contributed by atoms with Crippen molar-refractivity contribution < 1.29 is 19.8 Å². The molecule has 2 aliphatic heterocycles. The number of hydrogen-bond acceptors (Lipinski definition) is 8. The Morgan fingerprint density at radius 3 is 2.52 bits per heavy atom. The minimum Gasteiger partial charge on any atom is -0.393 e. The average Bonchev–Trinajstić information content (AvgIpc) is 3.41. The smallest absolute Gasteiger partial charge is 0.196 e. The number of β-amino-alcohol motifs (C(OH)–C–C–N with tert-alkyl or cyclic N) is 1. The number of hydrogen-bond donors (Lipinski definition) is 3. The summed E-state index contributed by atoms with van der Waals surface area (Å²) in [5.41, 5.74) is 2.73. The van der Waals surface area contributed by atoms with Crippen molar-refractivity contribution in [3.63, 3.8) is 0 Å². The van der Waals surface area contributed by atoms with Crippen molar-refractivity contribution >= 4 is 51.8 Å². The highest BCUT2D eigenvalue weighted by Crippen LogP contribution is 2.40. The number of thiophene rings is 1. The molecule has 1 fully saturated rings. The third kappa shape index (κ3) is 14.8. The van der Waals surface area contributed by atoms with Crippen molar-refractivity contribution in [3.8, 4) is 0 Å². The highest BCUT2D eigenvalue weighted by molar-refractivity contribution is 7.98. The van der Waals surface area contributed by atoms with Gasteiger partial charge < -0.3 is 20.3 Å². The van der Waals surface area contributed by atoms with Gasteiger partial charge in [0.05, 0.1) is 29.3 Å². The Hall–Kier alpha value is -1.42. The van der Waals surface area contributed by atoms with Crippen LogP contribution >= 0.6 is 34.7 Å². The molecule has 0 bridgehead atoms. The number of rotatable bonds is 9. The summed E-state index contributed by atoms with van der Waals surface area (Å²) < 4.78 is 0. The number of aliphatic hydroxyl groups excluding tert-OH is 2. The maximum Gasteiger partial charge on any atom is 0.196 e. The molecule has 0 radical (unpaired) electrons. The lowest BCUT2D eigenvalue weighted by molar-refractivity contribution is -0.109. The molecule has 3 heterocycles. The van der Waals surface area contributed by atoms with Crippen molar-refractivity contribution in [2.24, 2.45) is 0 Å². The molecule has 1 aromatic carbocycles. The first-order valence-electron chi connectivity index (χ1n) is 15.6. The molecule has 9 heteroatoms. The number of anilines is 1. The number of likely N-dealkylation sites (tertiary alicyclic amines) is 1. The molecule has 4 rings (SSSR count). The van der Waals surface area contributed by atoms with E-state index in [1.807, 2.05) is 70.5 Å². The fourth-order valence-corrected chi connectivity index (χ4v) is 6.89. The summed E-state index contributed by atoms with van der Waals surface area (Å²) in [6.45, 7) is 14.2. The van der Waals surface area contributed by atoms with E-state index in [1.165, 1.54) is 16.9 Å². The first kappa shape index (κ1) is 40.6. The van der Waals surface area contributed by atoms with Crippen LogP contribution in [0, 0.1) is 0 Å². The zero-order chi connectivity index (χ0) is 31.9. The van der Waals surface area contributed by atoms with E-state index in [9.17, 15) is 9.59 Å². The van der Waals surface area contributed by atoms with Crippen LogP contribution in [0.5, 0.6) is 0 Å². The summed E-state index contributed by atoms with van der Waals surface area (Å²) in [4.78, 5) is 26.2. The van der Waals surface area contributed by atoms with Crippen LogP contribution in [0.4, 0.5) is 5.00 Å². The number of fused-ring (bicyclic) bond motifs is 1. The van der Waals surface area contributed by atoms with Gasteiger partial charge in [-0.25, -0.2) is 0 Å². The molecule has 0 amide bonds. The SMILES string of the molecule is CC.CC.CCCCC(O)CC.CNc1sc2c(c1C(=O)c1cccc(Cl)c1)CCSC2.O=CCN1CCCC(O)C1. The van der Waals surface area contributed by atoms with Crippen molar-refractivity contribution in [2.75, 3.05) is 37.8 Å². The fraction of sp³-hybridized carbons (Fsp3) is 0.636. The van der Waals surface area contributed by atoms with E-state index in [-0.39, 0.29) is 18.0 Å². The van der Waals surface area contributed by atoms with Crippen LogP contribution in [0.1, 0.15) is 106 Å². The Bertz CT molecular complexity index is 1000. The van der Waals surface area contributed by atoms with Crippen LogP contribution in [0.15, 0.2) is 24.3 Å². The monoisotopic (exact) mass is 642 g/mol. The third-order valence-corrected chi connectivity index (χ3v) is 9.19. The van der Waals surface area contributed by atoms with Crippen LogP contribution in [0.2, 0.25) is 5.02 Å². The molecular weight excluding hydrogens is 588 g/mol. The lowest BCUT2D eigenvalue weighted by Crippen LogP contribution is -2.39. The molecule has 2 aliphatic rings. The molecule has 2 unspecified atom stereocenters. The summed E-state index contributed by atoms with van der Waals surface area (Å²) >= 11 is 9.63. The summed E-state index contributed by atoms with van der Waals surface area (Å²) in [7, 11) is 1.87. The van der Waals surface area contributed by atoms with Gasteiger partial charge in [-0.05, 0) is 62.1 Å². The lowest BCUT2D eigenvalue weighted by atomic mass is 9.98. The molecule has 42 heavy (non-hydrogen) atoms. The molecule has 0 aliphatic carbocycles. The molecular formula is C33H55ClN2O4S2. The normalized spacial score (nSPS) is 16.3. The second kappa shape index (κ2) is 25.0. The Labute approximate surface area is 268 Å². The van der Waals surface area contributed by atoms with E-state index in [2.05, 4.69) is 12.2 Å². The van der Waals surface area contributed by atoms with Crippen LogP contribution < -0.4 is 5.32 Å². The van der Waals surface area contributed by atoms with Crippen molar-refractivity contribution in [2.45, 2.75) is 104 Å². The summed E-state index contributed by atoms with van der Waals surface area (Å²) in [5, 5.41) is 22.9. The second-order valence-corrected chi connectivity index (χ2v) is 12.2. The van der Waals surface area contributed by atoms with E-state index in [1.54, 1.807) is 23.5 Å². The van der Waals surface area contributed by atoms with Crippen LogP contribution in [0.25, 0.3) is 0 Å². The molecule has 1 aromatic heterocycles. The number of halogens is 1. The van der Waals surface area contributed by atoms with Gasteiger partial charge in [0.1, 0.15) is 6.29 Å². The van der Waals surface area contributed by atoms with E-state index in [4.69, 9.17) is 21.8 Å². The number of nitrogens with zero attached hydrogens (tertiary/aromatic N) is 1. The molecule has 2 atom stereocenters. The minimum atomic E-state index is -0.214. The van der Waals surface area contributed by atoms with E-state index in [0.29, 0.717) is 23.7 Å². The highest BCUT2D eigenvalue weighted by atomic mass is 35.5. The first-order valence-corrected chi connectivity index (χ1v) is 17.9. The Morgan fingerprint density at radius 2 is 1.95 bits per heavy atom. The number of carbonyl (C=O) groups is 2. The maximum absolute atomic E-state index is 12.8. The number of carbonyl (C=O) groups excluding carboxylic acids is 2. The number of ketones is 1. The van der Waals surface area contributed by atoms with Gasteiger partial charge in [0.25, 0.3) is 0 Å². The number of unbranched alkanes of at least 4 members (excludes halogenated alkanes) is 1. The number of aldehydes is 1. The quantitative estimate of drug-likeness (QED) is 0.188. The number of aliphatic hydroxyl groups is 2. The lowest BCUT2D eigenvalue weighted by Gasteiger charge is -2.27. The predicted molar refractivity (Wildman–Crippen MR) is 185 cm³/mol. The van der Waals surface area contributed by atoms with Crippen LogP contribution in [0.3, 0.4) is 0 Å². The van der Waals surface area contributed by atoms with Gasteiger partial charge in [0.15, 0.2) is 5.78 Å². The zero-order valence-corrected chi connectivity index (χ0v) is 29.3. The molecule has 2 aromatic rings. The van der Waals surface area contributed by atoms with Gasteiger partial charge >= 0.3 is 0 Å². The maximum atomic E-state index is 12.8. The van der Waals surface area contributed by atoms with Gasteiger partial charge in [0.2, 0.25) is 0 Å². The topological polar surface area (TPSA) is 89.9 Å². The van der Waals surface area contributed by atoms with Gasteiger partial charge in [-0.2, -0.15) is 11.8 Å². The van der Waals surface area contributed by atoms with Gasteiger partial charge in [-0.15, -0.1) is 11.3 Å². The highest BCUT2D eigenvalue weighted by Gasteiger charge is 2.26. The number of benzene rings is 1. The standard InChI is InChI=1S/C15H14ClNOS2.C7H13NO2.C7H16O.2C2H6/c1-17-15-13(11-5-6-19-8-12(11)20-15)14(18)9-3-2-4-10(16)7-9;9-5-4-8-3-1-2-7(10)6-8;1-3-5-6-7(8)4-2;2*1-2/h2-4,7,17H,5-6,8H2,1H3;5,7,10H,1-4,6H2;7-8H,3-6H2,1-2H3;2*1-2H3. The molecule has 0 saturated carbocycles. The van der Waals surface area contributed by atoms with Crippen molar-refractivity contribution in [3.05, 3.63) is 50.9 Å². The number of piperidine rings is 1. The predicted octanol–water partition coefficient (Wildman–Crippen LogP) is 8.11. The van der Waals surface area contributed by atoms with E-state index in [0.717, 1.165) is 73.4 Å². The van der Waals surface area contributed by atoms with Gasteiger partial charge in [0, 0.05) is 34.8 Å². The van der Waals surface area contributed by atoms with Crippen LogP contribution in [-0.4, -0.2) is 71.8 Å².